The Balaban J connectivity index is 1.54. The number of aliphatic hydroxyl groups excluding tert-OH is 1. The standard InChI is InChI=1S/C20H25NO3/c1-24-19-8-7-15(13-18(19)22)14-21-11-9-17(10-12-21)20(23)16-5-3-2-4-6-16/h2-8,13,17,20,22-23H,9-12,14H2,1H3/t20-/m1/s1. The van der Waals surface area contributed by atoms with Crippen LogP contribution in [-0.4, -0.2) is 35.3 Å². The number of hydrogen-bond donors (Lipinski definition) is 2. The van der Waals surface area contributed by atoms with E-state index in [0.717, 1.165) is 43.6 Å². The Bertz CT molecular complexity index is 651. The average Bonchev–Trinajstić information content (AvgIpc) is 2.63. The Labute approximate surface area is 143 Å². The molecule has 1 heterocycles. The molecule has 1 aliphatic rings. The number of methoxy groups -OCH3 is 1. The summed E-state index contributed by atoms with van der Waals surface area (Å²) in [6.07, 6.45) is 1.59. The molecule has 2 N–H and O–H groups in total. The van der Waals surface area contributed by atoms with Gasteiger partial charge in [0, 0.05) is 6.54 Å². The lowest BCUT2D eigenvalue weighted by molar-refractivity contribution is 0.0567. The van der Waals surface area contributed by atoms with Gasteiger partial charge in [-0.25, -0.2) is 0 Å². The predicted molar refractivity (Wildman–Crippen MR) is 94.1 cm³/mol. The van der Waals surface area contributed by atoms with Crippen LogP contribution in [0, 0.1) is 5.92 Å². The number of aromatic hydroxyl groups is 1. The second-order valence-corrected chi connectivity index (χ2v) is 6.48. The van der Waals surface area contributed by atoms with E-state index in [2.05, 4.69) is 4.90 Å². The maximum Gasteiger partial charge on any atom is 0.160 e. The van der Waals surface area contributed by atoms with Gasteiger partial charge in [0.2, 0.25) is 0 Å². The topological polar surface area (TPSA) is 52.9 Å². The molecule has 128 valence electrons. The quantitative estimate of drug-likeness (QED) is 0.884. The lowest BCUT2D eigenvalue weighted by Crippen LogP contribution is -2.35. The lowest BCUT2D eigenvalue weighted by atomic mass is 9.87. The predicted octanol–water partition coefficient (Wildman–Crippen LogP) is 3.35. The van der Waals surface area contributed by atoms with E-state index in [4.69, 9.17) is 4.74 Å². The molecule has 0 aromatic heterocycles. The molecule has 4 heteroatoms. The number of rotatable bonds is 5. The Hall–Kier alpha value is -2.04. The summed E-state index contributed by atoms with van der Waals surface area (Å²) in [4.78, 5) is 2.37. The van der Waals surface area contributed by atoms with Crippen LogP contribution in [0.5, 0.6) is 11.5 Å². The maximum absolute atomic E-state index is 10.5. The highest BCUT2D eigenvalue weighted by Crippen LogP contribution is 2.32. The summed E-state index contributed by atoms with van der Waals surface area (Å²) in [7, 11) is 1.55. The van der Waals surface area contributed by atoms with Crippen molar-refractivity contribution in [3.05, 3.63) is 59.7 Å². The number of phenols is 1. The van der Waals surface area contributed by atoms with Crippen LogP contribution in [0.2, 0.25) is 0 Å². The van der Waals surface area contributed by atoms with Crippen molar-refractivity contribution < 1.29 is 14.9 Å². The molecule has 1 fully saturated rings. The van der Waals surface area contributed by atoms with E-state index in [1.165, 1.54) is 0 Å². The van der Waals surface area contributed by atoms with Gasteiger partial charge in [0.25, 0.3) is 0 Å². The van der Waals surface area contributed by atoms with Crippen LogP contribution >= 0.6 is 0 Å². The number of hydrogen-bond acceptors (Lipinski definition) is 4. The molecule has 2 aromatic rings. The Kier molecular flexibility index (Phi) is 5.38. The van der Waals surface area contributed by atoms with Crippen LogP contribution in [-0.2, 0) is 6.54 Å². The minimum Gasteiger partial charge on any atom is -0.504 e. The molecule has 1 aliphatic heterocycles. The SMILES string of the molecule is COc1ccc(CN2CCC([C@H](O)c3ccccc3)CC2)cc1O. The summed E-state index contributed by atoms with van der Waals surface area (Å²) in [6, 6.07) is 15.5. The average molecular weight is 327 g/mol. The van der Waals surface area contributed by atoms with E-state index in [1.807, 2.05) is 36.4 Å². The minimum atomic E-state index is -0.376. The largest absolute Gasteiger partial charge is 0.504 e. The molecule has 1 atom stereocenters. The first kappa shape index (κ1) is 16.8. The third-order valence-corrected chi connectivity index (χ3v) is 4.87. The van der Waals surface area contributed by atoms with Crippen molar-refractivity contribution in [3.8, 4) is 11.5 Å². The van der Waals surface area contributed by atoms with Crippen molar-refractivity contribution in [1.29, 1.82) is 0 Å². The molecular formula is C20H25NO3. The van der Waals surface area contributed by atoms with Gasteiger partial charge in [-0.2, -0.15) is 0 Å². The van der Waals surface area contributed by atoms with Crippen LogP contribution < -0.4 is 4.74 Å². The zero-order valence-corrected chi connectivity index (χ0v) is 14.1. The van der Waals surface area contributed by atoms with Crippen LogP contribution in [0.4, 0.5) is 0 Å². The molecular weight excluding hydrogens is 302 g/mol. The van der Waals surface area contributed by atoms with Gasteiger partial charge >= 0.3 is 0 Å². The summed E-state index contributed by atoms with van der Waals surface area (Å²) < 4.78 is 5.08. The number of phenolic OH excluding ortho intramolecular Hbond substituents is 1. The number of nitrogens with zero attached hydrogens (tertiary/aromatic N) is 1. The Morgan fingerprint density at radius 3 is 2.46 bits per heavy atom. The van der Waals surface area contributed by atoms with E-state index < -0.39 is 0 Å². The van der Waals surface area contributed by atoms with E-state index in [0.29, 0.717) is 11.7 Å². The van der Waals surface area contributed by atoms with Gasteiger partial charge < -0.3 is 14.9 Å². The first-order valence-electron chi connectivity index (χ1n) is 8.48. The van der Waals surface area contributed by atoms with Crippen LogP contribution in [0.3, 0.4) is 0 Å². The van der Waals surface area contributed by atoms with Crippen molar-refractivity contribution in [2.75, 3.05) is 20.2 Å². The smallest absolute Gasteiger partial charge is 0.160 e. The second-order valence-electron chi connectivity index (χ2n) is 6.48. The highest BCUT2D eigenvalue weighted by molar-refractivity contribution is 5.41. The van der Waals surface area contributed by atoms with Gasteiger partial charge in [0.15, 0.2) is 11.5 Å². The highest BCUT2D eigenvalue weighted by atomic mass is 16.5. The number of piperidine rings is 1. The van der Waals surface area contributed by atoms with E-state index in [-0.39, 0.29) is 11.9 Å². The van der Waals surface area contributed by atoms with Gasteiger partial charge in [-0.15, -0.1) is 0 Å². The Morgan fingerprint density at radius 1 is 1.12 bits per heavy atom. The third-order valence-electron chi connectivity index (χ3n) is 4.87. The van der Waals surface area contributed by atoms with Crippen LogP contribution in [0.25, 0.3) is 0 Å². The molecule has 3 rings (SSSR count). The zero-order chi connectivity index (χ0) is 16.9. The molecule has 0 unspecified atom stereocenters. The fraction of sp³-hybridized carbons (Fsp3) is 0.400. The summed E-state index contributed by atoms with van der Waals surface area (Å²) in [5, 5.41) is 20.4. The van der Waals surface area contributed by atoms with Gasteiger partial charge in [-0.3, -0.25) is 4.90 Å². The molecule has 0 saturated carbocycles. The van der Waals surface area contributed by atoms with Crippen molar-refractivity contribution in [2.45, 2.75) is 25.5 Å². The van der Waals surface area contributed by atoms with E-state index in [9.17, 15) is 10.2 Å². The van der Waals surface area contributed by atoms with Gasteiger partial charge in [0.1, 0.15) is 0 Å². The monoisotopic (exact) mass is 327 g/mol. The molecule has 4 nitrogen and oxygen atoms in total. The molecule has 24 heavy (non-hydrogen) atoms. The lowest BCUT2D eigenvalue weighted by Gasteiger charge is -2.34. The van der Waals surface area contributed by atoms with Gasteiger partial charge in [0.05, 0.1) is 13.2 Å². The number of likely N-dealkylation sites (tertiary alicyclic amines) is 1. The molecule has 0 amide bonds. The van der Waals surface area contributed by atoms with Crippen molar-refractivity contribution >= 4 is 0 Å². The molecule has 0 bridgehead atoms. The zero-order valence-electron chi connectivity index (χ0n) is 14.1. The first-order chi connectivity index (χ1) is 11.7. The van der Waals surface area contributed by atoms with Crippen molar-refractivity contribution in [3.63, 3.8) is 0 Å². The van der Waals surface area contributed by atoms with Crippen molar-refractivity contribution in [1.82, 2.24) is 4.90 Å². The third kappa shape index (κ3) is 3.89. The molecule has 0 spiro atoms. The molecule has 0 radical (unpaired) electrons. The Morgan fingerprint density at radius 2 is 1.83 bits per heavy atom. The summed E-state index contributed by atoms with van der Waals surface area (Å²) in [5.41, 5.74) is 2.09. The summed E-state index contributed by atoms with van der Waals surface area (Å²) >= 11 is 0. The van der Waals surface area contributed by atoms with E-state index >= 15 is 0 Å². The fourth-order valence-corrected chi connectivity index (χ4v) is 3.44. The second kappa shape index (κ2) is 7.69. The van der Waals surface area contributed by atoms with Gasteiger partial charge in [-0.05, 0) is 55.1 Å². The highest BCUT2D eigenvalue weighted by Gasteiger charge is 2.26. The minimum absolute atomic E-state index is 0.185. The van der Waals surface area contributed by atoms with Crippen LogP contribution in [0.15, 0.2) is 48.5 Å². The molecule has 0 aliphatic carbocycles. The molecule has 2 aromatic carbocycles. The van der Waals surface area contributed by atoms with Gasteiger partial charge in [-0.1, -0.05) is 36.4 Å². The normalized spacial score (nSPS) is 17.6. The molecule has 1 saturated heterocycles. The van der Waals surface area contributed by atoms with E-state index in [1.54, 1.807) is 19.2 Å². The number of ether oxygens (including phenoxy) is 1. The van der Waals surface area contributed by atoms with Crippen molar-refractivity contribution in [2.24, 2.45) is 5.92 Å². The fourth-order valence-electron chi connectivity index (χ4n) is 3.44. The maximum atomic E-state index is 10.5. The number of aliphatic hydroxyl groups is 1. The summed E-state index contributed by atoms with van der Waals surface area (Å²) in [5.74, 6) is 1.00. The first-order valence-corrected chi connectivity index (χ1v) is 8.48. The van der Waals surface area contributed by atoms with Crippen LogP contribution in [0.1, 0.15) is 30.1 Å². The summed E-state index contributed by atoms with van der Waals surface area (Å²) in [6.45, 7) is 2.73. The number of benzene rings is 2.